The molecule has 0 amide bonds. The van der Waals surface area contributed by atoms with Crippen molar-refractivity contribution in [1.82, 2.24) is 9.55 Å². The Balaban J connectivity index is 2.48. The minimum Gasteiger partial charge on any atom is -0.327 e. The van der Waals surface area contributed by atoms with E-state index in [2.05, 4.69) is 65.5 Å². The maximum atomic E-state index is 4.84. The molecule has 1 aromatic heterocycles. The van der Waals surface area contributed by atoms with E-state index in [0.717, 1.165) is 30.2 Å². The third-order valence-electron chi connectivity index (χ3n) is 4.48. The predicted octanol–water partition coefficient (Wildman–Crippen LogP) is 5.19. The molecule has 0 aliphatic carbocycles. The first kappa shape index (κ1) is 15.6. The van der Waals surface area contributed by atoms with Gasteiger partial charge in [-0.3, -0.25) is 0 Å². The molecule has 0 N–H and O–H groups in total. The van der Waals surface area contributed by atoms with Crippen molar-refractivity contribution in [3.05, 3.63) is 30.1 Å². The van der Waals surface area contributed by atoms with Crippen LogP contribution in [0.25, 0.3) is 11.0 Å². The Morgan fingerprint density at radius 3 is 2.45 bits per heavy atom. The van der Waals surface area contributed by atoms with Gasteiger partial charge in [0.1, 0.15) is 5.82 Å². The third-order valence-corrected chi connectivity index (χ3v) is 5.67. The molecule has 110 valence electrons. The van der Waals surface area contributed by atoms with Gasteiger partial charge >= 0.3 is 0 Å². The summed E-state index contributed by atoms with van der Waals surface area (Å²) in [7, 11) is 0. The maximum Gasteiger partial charge on any atom is 0.109 e. The van der Waals surface area contributed by atoms with Crippen LogP contribution in [0.2, 0.25) is 0 Å². The second-order valence-electron chi connectivity index (χ2n) is 5.69. The number of fused-ring (bicyclic) bond motifs is 1. The second kappa shape index (κ2) is 6.75. The number of hydrogen-bond donors (Lipinski definition) is 0. The summed E-state index contributed by atoms with van der Waals surface area (Å²) in [6.07, 6.45) is 4.57. The zero-order valence-electron chi connectivity index (χ0n) is 12.8. The number of aromatic nitrogens is 2. The average molecular weight is 337 g/mol. The highest BCUT2D eigenvalue weighted by Gasteiger charge is 2.27. The quantitative estimate of drug-likeness (QED) is 0.636. The molecule has 3 heteroatoms. The molecule has 0 atom stereocenters. The molecule has 0 bridgehead atoms. The Morgan fingerprint density at radius 2 is 1.85 bits per heavy atom. The molecule has 0 spiro atoms. The summed E-state index contributed by atoms with van der Waals surface area (Å²) >= 11 is 3.73. The summed E-state index contributed by atoms with van der Waals surface area (Å²) in [6.45, 7) is 7.87. The topological polar surface area (TPSA) is 17.8 Å². The first-order valence-corrected chi connectivity index (χ1v) is 8.82. The van der Waals surface area contributed by atoms with Gasteiger partial charge in [0.2, 0.25) is 0 Å². The molecule has 0 saturated carbocycles. The number of alkyl halides is 1. The van der Waals surface area contributed by atoms with E-state index >= 15 is 0 Å². The highest BCUT2D eigenvalue weighted by atomic mass is 79.9. The van der Waals surface area contributed by atoms with E-state index in [4.69, 9.17) is 4.98 Å². The van der Waals surface area contributed by atoms with Gasteiger partial charge in [0.25, 0.3) is 0 Å². The molecule has 2 rings (SSSR count). The standard InChI is InChI=1S/C17H25BrN2/c1-4-9-16-19-14-10-7-8-11-15(14)20(16)13-17(5-2,6-3)12-18/h7-8,10-11H,4-6,9,12-13H2,1-3H3. The first-order valence-electron chi connectivity index (χ1n) is 7.69. The van der Waals surface area contributed by atoms with Crippen LogP contribution in [-0.4, -0.2) is 14.9 Å². The molecule has 1 heterocycles. The van der Waals surface area contributed by atoms with Gasteiger partial charge in [0.05, 0.1) is 11.0 Å². The number of para-hydroxylation sites is 2. The highest BCUT2D eigenvalue weighted by molar-refractivity contribution is 9.09. The Bertz CT molecular complexity index is 547. The molecular weight excluding hydrogens is 312 g/mol. The van der Waals surface area contributed by atoms with Crippen molar-refractivity contribution in [2.45, 2.75) is 53.0 Å². The zero-order chi connectivity index (χ0) is 14.6. The normalized spacial score (nSPS) is 12.2. The molecule has 2 nitrogen and oxygen atoms in total. The molecule has 20 heavy (non-hydrogen) atoms. The van der Waals surface area contributed by atoms with Crippen molar-refractivity contribution in [2.24, 2.45) is 5.41 Å². The van der Waals surface area contributed by atoms with Crippen molar-refractivity contribution in [3.8, 4) is 0 Å². The van der Waals surface area contributed by atoms with Crippen LogP contribution in [0.15, 0.2) is 24.3 Å². The van der Waals surface area contributed by atoms with Gasteiger partial charge < -0.3 is 4.57 Å². The second-order valence-corrected chi connectivity index (χ2v) is 6.25. The van der Waals surface area contributed by atoms with E-state index < -0.39 is 0 Å². The lowest BCUT2D eigenvalue weighted by Crippen LogP contribution is -2.28. The Morgan fingerprint density at radius 1 is 1.15 bits per heavy atom. The van der Waals surface area contributed by atoms with Crippen LogP contribution in [0.1, 0.15) is 45.9 Å². The Kier molecular flexibility index (Phi) is 5.25. The number of benzene rings is 1. The zero-order valence-corrected chi connectivity index (χ0v) is 14.4. The van der Waals surface area contributed by atoms with Gasteiger partial charge in [-0.05, 0) is 36.8 Å². The van der Waals surface area contributed by atoms with Gasteiger partial charge in [-0.2, -0.15) is 0 Å². The van der Waals surface area contributed by atoms with Crippen LogP contribution in [0.3, 0.4) is 0 Å². The number of nitrogens with zero attached hydrogens (tertiary/aromatic N) is 2. The lowest BCUT2D eigenvalue weighted by atomic mass is 9.84. The van der Waals surface area contributed by atoms with Crippen molar-refractivity contribution in [3.63, 3.8) is 0 Å². The summed E-state index contributed by atoms with van der Waals surface area (Å²) in [5, 5.41) is 1.05. The van der Waals surface area contributed by atoms with Gasteiger partial charge in [0, 0.05) is 18.3 Å². The number of hydrogen-bond acceptors (Lipinski definition) is 1. The lowest BCUT2D eigenvalue weighted by molar-refractivity contribution is 0.259. The maximum absolute atomic E-state index is 4.84. The largest absolute Gasteiger partial charge is 0.327 e. The van der Waals surface area contributed by atoms with Crippen molar-refractivity contribution < 1.29 is 0 Å². The number of aryl methyl sites for hydroxylation is 1. The van der Waals surface area contributed by atoms with Gasteiger partial charge in [-0.25, -0.2) is 4.98 Å². The smallest absolute Gasteiger partial charge is 0.109 e. The van der Waals surface area contributed by atoms with Crippen LogP contribution in [0.5, 0.6) is 0 Å². The fourth-order valence-electron chi connectivity index (χ4n) is 2.76. The Labute approximate surface area is 130 Å². The minimum absolute atomic E-state index is 0.325. The fourth-order valence-corrected chi connectivity index (χ4v) is 3.73. The van der Waals surface area contributed by atoms with Crippen molar-refractivity contribution >= 4 is 27.0 Å². The number of halogens is 1. The number of imidazole rings is 1. The summed E-state index contributed by atoms with van der Waals surface area (Å²) in [5.41, 5.74) is 2.74. The summed E-state index contributed by atoms with van der Waals surface area (Å²) in [4.78, 5) is 4.84. The first-order chi connectivity index (χ1) is 9.69. The molecule has 1 aromatic carbocycles. The Hall–Kier alpha value is -0.830. The molecule has 2 aromatic rings. The number of rotatable bonds is 7. The van der Waals surface area contributed by atoms with E-state index in [0.29, 0.717) is 5.41 Å². The van der Waals surface area contributed by atoms with Crippen molar-refractivity contribution in [2.75, 3.05) is 5.33 Å². The summed E-state index contributed by atoms with van der Waals surface area (Å²) in [6, 6.07) is 8.52. The summed E-state index contributed by atoms with van der Waals surface area (Å²) < 4.78 is 2.45. The van der Waals surface area contributed by atoms with Crippen LogP contribution in [-0.2, 0) is 13.0 Å². The van der Waals surface area contributed by atoms with Crippen LogP contribution < -0.4 is 0 Å². The van der Waals surface area contributed by atoms with Crippen LogP contribution in [0.4, 0.5) is 0 Å². The predicted molar refractivity (Wildman–Crippen MR) is 90.5 cm³/mol. The van der Waals surface area contributed by atoms with Gasteiger partial charge in [0.15, 0.2) is 0 Å². The van der Waals surface area contributed by atoms with Crippen LogP contribution in [0, 0.1) is 5.41 Å². The molecule has 0 aliphatic rings. The van der Waals surface area contributed by atoms with Crippen LogP contribution >= 0.6 is 15.9 Å². The molecule has 0 aliphatic heterocycles. The van der Waals surface area contributed by atoms with E-state index in [-0.39, 0.29) is 0 Å². The van der Waals surface area contributed by atoms with Crippen molar-refractivity contribution in [1.29, 1.82) is 0 Å². The highest BCUT2D eigenvalue weighted by Crippen LogP contribution is 2.33. The monoisotopic (exact) mass is 336 g/mol. The third kappa shape index (κ3) is 2.93. The molecule has 0 unspecified atom stereocenters. The van der Waals surface area contributed by atoms with Gasteiger partial charge in [-0.1, -0.05) is 48.8 Å². The lowest BCUT2D eigenvalue weighted by Gasteiger charge is -2.31. The molecule has 0 fully saturated rings. The van der Waals surface area contributed by atoms with E-state index in [1.165, 1.54) is 24.2 Å². The fraction of sp³-hybridized carbons (Fsp3) is 0.588. The minimum atomic E-state index is 0.325. The van der Waals surface area contributed by atoms with E-state index in [1.807, 2.05) is 0 Å². The summed E-state index contributed by atoms with van der Waals surface area (Å²) in [5.74, 6) is 1.24. The SMILES string of the molecule is CCCc1nc2ccccc2n1CC(CC)(CC)CBr. The molecular formula is C17H25BrN2. The molecule has 0 radical (unpaired) electrons. The average Bonchev–Trinajstić information content (AvgIpc) is 2.83. The van der Waals surface area contributed by atoms with E-state index in [9.17, 15) is 0 Å². The van der Waals surface area contributed by atoms with Gasteiger partial charge in [-0.15, -0.1) is 0 Å². The van der Waals surface area contributed by atoms with E-state index in [1.54, 1.807) is 0 Å². The molecule has 0 saturated heterocycles.